The molecule has 1 aromatic rings. The fraction of sp³-hybridized carbons (Fsp3) is 0.500. The van der Waals surface area contributed by atoms with Crippen molar-refractivity contribution in [3.05, 3.63) is 35.4 Å². The van der Waals surface area contributed by atoms with Gasteiger partial charge in [-0.15, -0.1) is 0 Å². The second-order valence-electron chi connectivity index (χ2n) is 4.66. The highest BCUT2D eigenvalue weighted by atomic mass is 16.4. The molecule has 0 aliphatic rings. The Bertz CT molecular complexity index is 407. The minimum absolute atomic E-state index is 0.143. The Morgan fingerprint density at radius 3 is 2.68 bits per heavy atom. The number of nitrogens with zero attached hydrogens (tertiary/aromatic N) is 2. The van der Waals surface area contributed by atoms with Crippen LogP contribution in [-0.2, 0) is 6.54 Å². The third-order valence-corrected chi connectivity index (χ3v) is 3.04. The van der Waals surface area contributed by atoms with Crippen molar-refractivity contribution in [1.82, 2.24) is 4.90 Å². The summed E-state index contributed by atoms with van der Waals surface area (Å²) >= 11 is 0. The van der Waals surface area contributed by atoms with Gasteiger partial charge in [-0.1, -0.05) is 29.4 Å². The number of rotatable bonds is 8. The number of unbranched alkanes of at least 4 members (excludes halogenated alkanes) is 2. The smallest absolute Gasteiger partial charge is 0.170 e. The van der Waals surface area contributed by atoms with Crippen molar-refractivity contribution in [1.29, 1.82) is 0 Å². The van der Waals surface area contributed by atoms with Crippen LogP contribution in [0.5, 0.6) is 0 Å². The van der Waals surface area contributed by atoms with Crippen LogP contribution in [0, 0.1) is 0 Å². The molecule has 5 heteroatoms. The lowest BCUT2D eigenvalue weighted by atomic mass is 10.1. The Hall–Kier alpha value is -1.59. The van der Waals surface area contributed by atoms with E-state index in [-0.39, 0.29) is 12.4 Å². The lowest BCUT2D eigenvalue weighted by Crippen LogP contribution is -2.22. The van der Waals surface area contributed by atoms with E-state index in [1.54, 1.807) is 0 Å². The summed E-state index contributed by atoms with van der Waals surface area (Å²) in [5.41, 5.74) is 7.48. The maximum atomic E-state index is 8.77. The van der Waals surface area contributed by atoms with Gasteiger partial charge in [-0.05, 0) is 38.4 Å². The topological polar surface area (TPSA) is 82.1 Å². The van der Waals surface area contributed by atoms with Gasteiger partial charge in [0.2, 0.25) is 0 Å². The van der Waals surface area contributed by atoms with Crippen molar-refractivity contribution < 1.29 is 10.3 Å². The van der Waals surface area contributed by atoms with E-state index in [4.69, 9.17) is 16.0 Å². The Morgan fingerprint density at radius 1 is 1.26 bits per heavy atom. The third kappa shape index (κ3) is 5.28. The summed E-state index contributed by atoms with van der Waals surface area (Å²) in [6.07, 6.45) is 2.94. The van der Waals surface area contributed by atoms with Crippen molar-refractivity contribution in [2.75, 3.05) is 20.2 Å². The Kier molecular flexibility index (Phi) is 6.92. The normalized spacial score (nSPS) is 12.1. The molecular formula is C14H23N3O2. The summed E-state index contributed by atoms with van der Waals surface area (Å²) in [6, 6.07) is 7.66. The number of benzene rings is 1. The quantitative estimate of drug-likeness (QED) is 0.218. The van der Waals surface area contributed by atoms with Gasteiger partial charge >= 0.3 is 0 Å². The van der Waals surface area contributed by atoms with Crippen molar-refractivity contribution in [3.63, 3.8) is 0 Å². The molecule has 0 amide bonds. The van der Waals surface area contributed by atoms with Gasteiger partial charge in [0.1, 0.15) is 0 Å². The molecule has 1 rings (SSSR count). The zero-order valence-electron chi connectivity index (χ0n) is 11.4. The first kappa shape index (κ1) is 15.5. The Labute approximate surface area is 114 Å². The van der Waals surface area contributed by atoms with Crippen LogP contribution < -0.4 is 5.73 Å². The zero-order chi connectivity index (χ0) is 14.1. The first-order valence-corrected chi connectivity index (χ1v) is 6.54. The zero-order valence-corrected chi connectivity index (χ0v) is 11.4. The number of aliphatic hydroxyl groups excluding tert-OH is 1. The molecule has 0 spiro atoms. The van der Waals surface area contributed by atoms with E-state index in [0.717, 1.165) is 43.5 Å². The summed E-state index contributed by atoms with van der Waals surface area (Å²) in [5.74, 6) is 0.143. The number of aliphatic hydroxyl groups is 1. The molecule has 5 nitrogen and oxygen atoms in total. The van der Waals surface area contributed by atoms with Crippen LogP contribution in [0.2, 0.25) is 0 Å². The average Bonchev–Trinajstić information content (AvgIpc) is 2.43. The van der Waals surface area contributed by atoms with Gasteiger partial charge in [0.15, 0.2) is 5.84 Å². The lowest BCUT2D eigenvalue weighted by Gasteiger charge is -2.18. The van der Waals surface area contributed by atoms with Gasteiger partial charge in [-0.2, -0.15) is 0 Å². The molecule has 0 aliphatic carbocycles. The van der Waals surface area contributed by atoms with Crippen molar-refractivity contribution in [3.8, 4) is 0 Å². The van der Waals surface area contributed by atoms with Crippen LogP contribution in [0.1, 0.15) is 30.4 Å². The van der Waals surface area contributed by atoms with Gasteiger partial charge in [0.05, 0.1) is 0 Å². The van der Waals surface area contributed by atoms with E-state index < -0.39 is 0 Å². The summed E-state index contributed by atoms with van der Waals surface area (Å²) in [6.45, 7) is 1.98. The van der Waals surface area contributed by atoms with E-state index in [0.29, 0.717) is 0 Å². The van der Waals surface area contributed by atoms with E-state index >= 15 is 0 Å². The maximum Gasteiger partial charge on any atom is 0.170 e. The molecule has 1 aromatic carbocycles. The molecule has 0 fully saturated rings. The van der Waals surface area contributed by atoms with Crippen LogP contribution in [-0.4, -0.2) is 41.2 Å². The van der Waals surface area contributed by atoms with E-state index in [1.165, 1.54) is 0 Å². The van der Waals surface area contributed by atoms with E-state index in [9.17, 15) is 0 Å². The number of oxime groups is 1. The predicted molar refractivity (Wildman–Crippen MR) is 76.2 cm³/mol. The SMILES string of the molecule is CN(CCCCCO)Cc1ccccc1/C(N)=N/O. The highest BCUT2D eigenvalue weighted by molar-refractivity contribution is 5.98. The largest absolute Gasteiger partial charge is 0.409 e. The van der Waals surface area contributed by atoms with Crippen molar-refractivity contribution in [2.24, 2.45) is 10.9 Å². The van der Waals surface area contributed by atoms with Gasteiger partial charge < -0.3 is 20.9 Å². The van der Waals surface area contributed by atoms with Gasteiger partial charge in [0, 0.05) is 18.7 Å². The molecule has 19 heavy (non-hydrogen) atoms. The molecule has 4 N–H and O–H groups in total. The van der Waals surface area contributed by atoms with Gasteiger partial charge in [-0.25, -0.2) is 0 Å². The fourth-order valence-electron chi connectivity index (χ4n) is 2.00. The summed E-state index contributed by atoms with van der Waals surface area (Å²) < 4.78 is 0. The van der Waals surface area contributed by atoms with Gasteiger partial charge in [-0.3, -0.25) is 0 Å². The minimum atomic E-state index is 0.143. The first-order valence-electron chi connectivity index (χ1n) is 6.54. The Balaban J connectivity index is 2.56. The van der Waals surface area contributed by atoms with Gasteiger partial charge in [0.25, 0.3) is 0 Å². The monoisotopic (exact) mass is 265 g/mol. The molecule has 0 aromatic heterocycles. The van der Waals surface area contributed by atoms with Crippen molar-refractivity contribution in [2.45, 2.75) is 25.8 Å². The van der Waals surface area contributed by atoms with E-state index in [1.807, 2.05) is 31.3 Å². The minimum Gasteiger partial charge on any atom is -0.409 e. The Morgan fingerprint density at radius 2 is 2.00 bits per heavy atom. The van der Waals surface area contributed by atoms with Crippen LogP contribution in [0.25, 0.3) is 0 Å². The van der Waals surface area contributed by atoms with E-state index in [2.05, 4.69) is 10.1 Å². The molecule has 0 saturated carbocycles. The fourth-order valence-corrected chi connectivity index (χ4v) is 2.00. The van der Waals surface area contributed by atoms with Crippen LogP contribution in [0.15, 0.2) is 29.4 Å². The number of hydrogen-bond donors (Lipinski definition) is 3. The molecule has 0 bridgehead atoms. The maximum absolute atomic E-state index is 8.77. The van der Waals surface area contributed by atoms with Crippen LogP contribution in [0.4, 0.5) is 0 Å². The molecule has 106 valence electrons. The average molecular weight is 265 g/mol. The number of nitrogens with two attached hydrogens (primary N) is 1. The predicted octanol–water partition coefficient (Wildman–Crippen LogP) is 1.38. The molecule has 0 radical (unpaired) electrons. The summed E-state index contributed by atoms with van der Waals surface area (Å²) in [5, 5.41) is 20.6. The summed E-state index contributed by atoms with van der Waals surface area (Å²) in [7, 11) is 2.04. The molecule has 0 aliphatic heterocycles. The molecule has 0 atom stereocenters. The second-order valence-corrected chi connectivity index (χ2v) is 4.66. The summed E-state index contributed by atoms with van der Waals surface area (Å²) in [4.78, 5) is 2.20. The molecule has 0 unspecified atom stereocenters. The second kappa shape index (κ2) is 8.50. The molecule has 0 saturated heterocycles. The standard InChI is InChI=1S/C14H23N3O2/c1-17(9-5-2-6-10-18)11-12-7-3-4-8-13(12)14(15)16-19/h3-4,7-8,18-19H,2,5-6,9-11H2,1H3,(H2,15,16). The third-order valence-electron chi connectivity index (χ3n) is 3.04. The highest BCUT2D eigenvalue weighted by Gasteiger charge is 2.08. The van der Waals surface area contributed by atoms with Crippen LogP contribution in [0.3, 0.4) is 0 Å². The van der Waals surface area contributed by atoms with Crippen molar-refractivity contribution >= 4 is 5.84 Å². The van der Waals surface area contributed by atoms with Crippen LogP contribution >= 0.6 is 0 Å². The first-order chi connectivity index (χ1) is 9.19. The number of amidine groups is 1. The number of hydrogen-bond acceptors (Lipinski definition) is 4. The molecule has 0 heterocycles. The molecular weight excluding hydrogens is 242 g/mol. The highest BCUT2D eigenvalue weighted by Crippen LogP contribution is 2.11. The lowest BCUT2D eigenvalue weighted by molar-refractivity contribution is 0.271.